The third kappa shape index (κ3) is 4.16. The Kier molecular flexibility index (Phi) is 4.74. The number of aliphatic carboxylic acids is 1. The number of hydrogen-bond donors (Lipinski definition) is 2. The molecule has 0 aliphatic rings. The molecular formula is C11H14ClNO6S2. The van der Waals surface area contributed by atoms with Crippen LogP contribution < -0.4 is 4.72 Å². The van der Waals surface area contributed by atoms with E-state index < -0.39 is 36.3 Å². The summed E-state index contributed by atoms with van der Waals surface area (Å²) in [4.78, 5) is 10.3. The van der Waals surface area contributed by atoms with Crippen molar-refractivity contribution in [2.24, 2.45) is 0 Å². The predicted octanol–water partition coefficient (Wildman–Crippen LogP) is 0.885. The van der Waals surface area contributed by atoms with E-state index in [1.54, 1.807) is 0 Å². The van der Waals surface area contributed by atoms with Gasteiger partial charge in [0.1, 0.15) is 10.4 Å². The summed E-state index contributed by atoms with van der Waals surface area (Å²) >= 11 is 5.78. The van der Waals surface area contributed by atoms with Crippen LogP contribution in [0.4, 0.5) is 0 Å². The van der Waals surface area contributed by atoms with Crippen LogP contribution in [0, 0.1) is 0 Å². The summed E-state index contributed by atoms with van der Waals surface area (Å²) < 4.78 is 49.3. The third-order valence-corrected chi connectivity index (χ3v) is 5.79. The van der Waals surface area contributed by atoms with Gasteiger partial charge < -0.3 is 5.11 Å². The fourth-order valence-electron chi connectivity index (χ4n) is 1.35. The van der Waals surface area contributed by atoms with Gasteiger partial charge in [0.15, 0.2) is 9.84 Å². The van der Waals surface area contributed by atoms with E-state index in [1.807, 2.05) is 4.72 Å². The molecule has 0 aliphatic carbocycles. The van der Waals surface area contributed by atoms with Crippen molar-refractivity contribution in [2.75, 3.05) is 6.26 Å². The normalized spacial score (nSPS) is 13.1. The second-order valence-electron chi connectivity index (χ2n) is 4.90. The van der Waals surface area contributed by atoms with Crippen LogP contribution in [0.3, 0.4) is 0 Å². The Hall–Kier alpha value is -1.16. The molecule has 0 heterocycles. The lowest BCUT2D eigenvalue weighted by atomic mass is 10.1. The number of carboxylic acid groups (broad SMARTS) is 1. The number of sulfone groups is 1. The largest absolute Gasteiger partial charge is 0.480 e. The minimum Gasteiger partial charge on any atom is -0.480 e. The minimum absolute atomic E-state index is 0.212. The van der Waals surface area contributed by atoms with E-state index in [9.17, 15) is 21.6 Å². The zero-order chi connectivity index (χ0) is 16.6. The van der Waals surface area contributed by atoms with Crippen LogP contribution in [0.25, 0.3) is 0 Å². The average molecular weight is 356 g/mol. The van der Waals surface area contributed by atoms with Crippen molar-refractivity contribution in [1.29, 1.82) is 0 Å². The molecule has 7 nitrogen and oxygen atoms in total. The number of sulfonamides is 1. The smallest absolute Gasteiger partial charge is 0.324 e. The zero-order valence-electron chi connectivity index (χ0n) is 11.4. The summed E-state index contributed by atoms with van der Waals surface area (Å²) in [6.07, 6.45) is 0.918. The van der Waals surface area contributed by atoms with Crippen molar-refractivity contribution >= 4 is 37.4 Å². The molecule has 0 amide bonds. The Morgan fingerprint density at radius 3 is 2.19 bits per heavy atom. The van der Waals surface area contributed by atoms with Crippen molar-refractivity contribution in [1.82, 2.24) is 4.72 Å². The van der Waals surface area contributed by atoms with Gasteiger partial charge in [-0.05, 0) is 32.0 Å². The van der Waals surface area contributed by atoms with Gasteiger partial charge in [-0.25, -0.2) is 16.8 Å². The van der Waals surface area contributed by atoms with Gasteiger partial charge in [0, 0.05) is 6.26 Å². The summed E-state index contributed by atoms with van der Waals surface area (Å²) in [5, 5.41) is 8.74. The van der Waals surface area contributed by atoms with E-state index in [0.717, 1.165) is 32.2 Å². The van der Waals surface area contributed by atoms with Crippen LogP contribution in [-0.2, 0) is 24.7 Å². The molecule has 0 aromatic heterocycles. The van der Waals surface area contributed by atoms with E-state index in [-0.39, 0.29) is 9.92 Å². The minimum atomic E-state index is -4.30. The first kappa shape index (κ1) is 17.9. The molecule has 10 heteroatoms. The number of nitrogens with one attached hydrogen (secondary N) is 1. The lowest BCUT2D eigenvalue weighted by molar-refractivity contribution is -0.142. The van der Waals surface area contributed by atoms with Crippen LogP contribution in [-0.4, -0.2) is 39.7 Å². The van der Waals surface area contributed by atoms with E-state index in [2.05, 4.69) is 0 Å². The number of benzene rings is 1. The summed E-state index contributed by atoms with van der Waals surface area (Å²) in [6.45, 7) is 2.31. The molecule has 2 N–H and O–H groups in total. The van der Waals surface area contributed by atoms with Gasteiger partial charge in [0.25, 0.3) is 0 Å². The van der Waals surface area contributed by atoms with Gasteiger partial charge in [0.2, 0.25) is 10.0 Å². The Balaban J connectivity index is 3.42. The van der Waals surface area contributed by atoms with Crippen molar-refractivity contribution in [2.45, 2.75) is 29.2 Å². The van der Waals surface area contributed by atoms with E-state index in [4.69, 9.17) is 16.7 Å². The first-order valence-corrected chi connectivity index (χ1v) is 9.29. The van der Waals surface area contributed by atoms with Gasteiger partial charge in [-0.3, -0.25) is 4.79 Å². The number of hydrogen-bond acceptors (Lipinski definition) is 5. The summed E-state index contributed by atoms with van der Waals surface area (Å²) in [7, 11) is -7.93. The highest BCUT2D eigenvalue weighted by Gasteiger charge is 2.34. The second kappa shape index (κ2) is 5.56. The lowest BCUT2D eigenvalue weighted by Crippen LogP contribution is -2.49. The Bertz CT molecular complexity index is 783. The first-order valence-electron chi connectivity index (χ1n) is 5.54. The van der Waals surface area contributed by atoms with Crippen molar-refractivity contribution in [3.05, 3.63) is 23.2 Å². The monoisotopic (exact) mass is 355 g/mol. The molecule has 0 atom stereocenters. The number of rotatable bonds is 5. The van der Waals surface area contributed by atoms with E-state index >= 15 is 0 Å². The van der Waals surface area contributed by atoms with Crippen molar-refractivity contribution in [3.8, 4) is 0 Å². The van der Waals surface area contributed by atoms with Gasteiger partial charge in [-0.2, -0.15) is 4.72 Å². The maximum atomic E-state index is 12.2. The van der Waals surface area contributed by atoms with Crippen LogP contribution >= 0.6 is 11.6 Å². The molecule has 1 aromatic carbocycles. The third-order valence-electron chi connectivity index (χ3n) is 2.54. The number of halogens is 1. The molecule has 0 saturated heterocycles. The highest BCUT2D eigenvalue weighted by Crippen LogP contribution is 2.25. The highest BCUT2D eigenvalue weighted by atomic mass is 35.5. The molecule has 0 fully saturated rings. The summed E-state index contributed by atoms with van der Waals surface area (Å²) in [5.74, 6) is -1.39. The molecule has 1 rings (SSSR count). The van der Waals surface area contributed by atoms with Crippen LogP contribution in [0.2, 0.25) is 5.02 Å². The van der Waals surface area contributed by atoms with Crippen molar-refractivity contribution < 1.29 is 26.7 Å². The zero-order valence-corrected chi connectivity index (χ0v) is 13.8. The molecule has 0 radical (unpaired) electrons. The maximum Gasteiger partial charge on any atom is 0.324 e. The molecule has 0 saturated carbocycles. The second-order valence-corrected chi connectivity index (χ2v) is 8.97. The van der Waals surface area contributed by atoms with E-state index in [1.165, 1.54) is 6.07 Å². The van der Waals surface area contributed by atoms with Gasteiger partial charge in [-0.15, -0.1) is 0 Å². The Morgan fingerprint density at radius 1 is 1.24 bits per heavy atom. The summed E-state index contributed by atoms with van der Waals surface area (Å²) in [6, 6.07) is 3.18. The number of carbonyl (C=O) groups is 1. The summed E-state index contributed by atoms with van der Waals surface area (Å²) in [5.41, 5.74) is -1.77. The lowest BCUT2D eigenvalue weighted by Gasteiger charge is -2.21. The molecule has 0 unspecified atom stereocenters. The van der Waals surface area contributed by atoms with Crippen LogP contribution in [0.1, 0.15) is 13.8 Å². The SMILES string of the molecule is CC(C)(NS(=O)(=O)c1cc(S(C)(=O)=O)ccc1Cl)C(=O)O. The van der Waals surface area contributed by atoms with E-state index in [0.29, 0.717) is 0 Å². The highest BCUT2D eigenvalue weighted by molar-refractivity contribution is 7.91. The van der Waals surface area contributed by atoms with Crippen LogP contribution in [0.5, 0.6) is 0 Å². The molecule has 1 aromatic rings. The quantitative estimate of drug-likeness (QED) is 0.809. The number of carboxylic acids is 1. The van der Waals surface area contributed by atoms with Gasteiger partial charge in [0.05, 0.1) is 9.92 Å². The molecule has 118 valence electrons. The van der Waals surface area contributed by atoms with Gasteiger partial charge in [-0.1, -0.05) is 11.6 Å². The van der Waals surface area contributed by atoms with Gasteiger partial charge >= 0.3 is 5.97 Å². The fraction of sp³-hybridized carbons (Fsp3) is 0.364. The average Bonchev–Trinajstić information content (AvgIpc) is 2.25. The van der Waals surface area contributed by atoms with Crippen molar-refractivity contribution in [3.63, 3.8) is 0 Å². The Labute approximate surface area is 127 Å². The maximum absolute atomic E-state index is 12.2. The first-order chi connectivity index (χ1) is 9.27. The van der Waals surface area contributed by atoms with Crippen LogP contribution in [0.15, 0.2) is 28.0 Å². The molecule has 0 spiro atoms. The fourth-order valence-corrected chi connectivity index (χ4v) is 3.97. The predicted molar refractivity (Wildman–Crippen MR) is 76.6 cm³/mol. The standard InChI is InChI=1S/C11H14ClNO6S2/c1-11(2,10(14)15)13-21(18,19)9-6-7(20(3,16)17)4-5-8(9)12/h4-6,13H,1-3H3,(H,14,15). The molecular weight excluding hydrogens is 342 g/mol. The molecule has 0 bridgehead atoms. The Morgan fingerprint density at radius 2 is 1.76 bits per heavy atom. The molecule has 21 heavy (non-hydrogen) atoms. The topological polar surface area (TPSA) is 118 Å². The molecule has 0 aliphatic heterocycles.